The van der Waals surface area contributed by atoms with Crippen molar-refractivity contribution in [3.63, 3.8) is 0 Å². The molecule has 0 fully saturated rings. The Kier molecular flexibility index (Phi) is 4.96. The summed E-state index contributed by atoms with van der Waals surface area (Å²) in [5, 5.41) is 11.7. The average molecular weight is 302 g/mol. The lowest BCUT2D eigenvalue weighted by Gasteiger charge is -2.09. The zero-order chi connectivity index (χ0) is 12.8. The van der Waals surface area contributed by atoms with Crippen molar-refractivity contribution in [2.24, 2.45) is 0 Å². The first-order valence-corrected chi connectivity index (χ1v) is 5.76. The van der Waals surface area contributed by atoms with Crippen molar-refractivity contribution in [1.29, 1.82) is 0 Å². The van der Waals surface area contributed by atoms with Gasteiger partial charge in [-0.15, -0.1) is 0 Å². The van der Waals surface area contributed by atoms with Gasteiger partial charge in [-0.05, 0) is 25.1 Å². The maximum absolute atomic E-state index is 11.1. The summed E-state index contributed by atoms with van der Waals surface area (Å²) in [6, 6.07) is 4.75. The highest BCUT2D eigenvalue weighted by molar-refractivity contribution is 9.10. The highest BCUT2D eigenvalue weighted by Crippen LogP contribution is 2.20. The first kappa shape index (κ1) is 13.5. The Bertz CT molecular complexity index is 433. The number of hydrogen-bond donors (Lipinski definition) is 2. The van der Waals surface area contributed by atoms with E-state index < -0.39 is 11.9 Å². The molecule has 0 aliphatic carbocycles. The van der Waals surface area contributed by atoms with Gasteiger partial charge in [-0.1, -0.05) is 15.9 Å². The van der Waals surface area contributed by atoms with E-state index >= 15 is 0 Å². The van der Waals surface area contributed by atoms with Gasteiger partial charge in [0.05, 0.1) is 12.2 Å². The molecule has 0 unspecified atom stereocenters. The molecule has 0 aliphatic heterocycles. The van der Waals surface area contributed by atoms with Crippen molar-refractivity contribution in [3.05, 3.63) is 28.2 Å². The molecular weight excluding hydrogens is 290 g/mol. The Morgan fingerprint density at radius 1 is 1.47 bits per heavy atom. The molecule has 0 aromatic heterocycles. The monoisotopic (exact) mass is 301 g/mol. The second kappa shape index (κ2) is 6.24. The fourth-order valence-electron chi connectivity index (χ4n) is 1.23. The van der Waals surface area contributed by atoms with Gasteiger partial charge in [0.15, 0.2) is 0 Å². The molecule has 17 heavy (non-hydrogen) atoms. The predicted molar refractivity (Wildman–Crippen MR) is 66.2 cm³/mol. The number of halogens is 1. The van der Waals surface area contributed by atoms with Gasteiger partial charge in [-0.3, -0.25) is 4.79 Å². The van der Waals surface area contributed by atoms with E-state index in [1.165, 1.54) is 6.07 Å². The van der Waals surface area contributed by atoms with Crippen molar-refractivity contribution in [1.82, 2.24) is 0 Å². The number of aromatic carboxylic acids is 1. The zero-order valence-corrected chi connectivity index (χ0v) is 10.8. The summed E-state index contributed by atoms with van der Waals surface area (Å²) in [6.07, 6.45) is 0. The maximum atomic E-state index is 11.1. The minimum Gasteiger partial charge on any atom is -0.478 e. The van der Waals surface area contributed by atoms with E-state index in [9.17, 15) is 9.59 Å². The van der Waals surface area contributed by atoms with Gasteiger partial charge in [0.25, 0.3) is 0 Å². The van der Waals surface area contributed by atoms with Gasteiger partial charge in [0, 0.05) is 10.2 Å². The van der Waals surface area contributed by atoms with Gasteiger partial charge in [0.1, 0.15) is 6.54 Å². The molecule has 5 nitrogen and oxygen atoms in total. The molecule has 2 N–H and O–H groups in total. The molecule has 1 aromatic rings. The summed E-state index contributed by atoms with van der Waals surface area (Å²) >= 11 is 3.19. The van der Waals surface area contributed by atoms with Crippen LogP contribution in [0.15, 0.2) is 22.7 Å². The highest BCUT2D eigenvalue weighted by Gasteiger charge is 2.11. The van der Waals surface area contributed by atoms with Crippen LogP contribution in [0, 0.1) is 0 Å². The molecule has 0 spiro atoms. The van der Waals surface area contributed by atoms with Crippen LogP contribution < -0.4 is 5.32 Å². The third-order valence-electron chi connectivity index (χ3n) is 1.94. The number of nitrogens with one attached hydrogen (secondary N) is 1. The Balaban J connectivity index is 2.77. The van der Waals surface area contributed by atoms with Crippen LogP contribution in [-0.4, -0.2) is 30.2 Å². The molecule has 92 valence electrons. The fourth-order valence-corrected chi connectivity index (χ4v) is 1.59. The van der Waals surface area contributed by atoms with Crippen LogP contribution in [0.25, 0.3) is 0 Å². The van der Waals surface area contributed by atoms with E-state index in [0.29, 0.717) is 16.8 Å². The summed E-state index contributed by atoms with van der Waals surface area (Å²) in [4.78, 5) is 22.1. The minimum absolute atomic E-state index is 0.0598. The number of esters is 1. The van der Waals surface area contributed by atoms with Gasteiger partial charge >= 0.3 is 11.9 Å². The minimum atomic E-state index is -1.06. The van der Waals surface area contributed by atoms with Crippen molar-refractivity contribution in [2.75, 3.05) is 18.5 Å². The van der Waals surface area contributed by atoms with Crippen molar-refractivity contribution in [3.8, 4) is 0 Å². The molecule has 0 radical (unpaired) electrons. The normalized spacial score (nSPS) is 9.76. The lowest BCUT2D eigenvalue weighted by molar-refractivity contribution is -0.140. The molecule has 0 atom stereocenters. The zero-order valence-electron chi connectivity index (χ0n) is 9.20. The largest absolute Gasteiger partial charge is 0.478 e. The SMILES string of the molecule is CCOC(=O)CNc1ccc(Br)cc1C(=O)O. The van der Waals surface area contributed by atoms with E-state index in [2.05, 4.69) is 21.2 Å². The Hall–Kier alpha value is -1.56. The second-order valence-corrected chi connectivity index (χ2v) is 4.07. The quantitative estimate of drug-likeness (QED) is 0.815. The van der Waals surface area contributed by atoms with Crippen molar-refractivity contribution < 1.29 is 19.4 Å². The Morgan fingerprint density at radius 3 is 2.76 bits per heavy atom. The summed E-state index contributed by atoms with van der Waals surface area (Å²) in [5.74, 6) is -1.48. The van der Waals surface area contributed by atoms with Gasteiger partial charge in [0.2, 0.25) is 0 Å². The third kappa shape index (κ3) is 4.07. The number of carboxylic acids is 1. The maximum Gasteiger partial charge on any atom is 0.337 e. The van der Waals surface area contributed by atoms with Gasteiger partial charge in [-0.2, -0.15) is 0 Å². The third-order valence-corrected chi connectivity index (χ3v) is 2.43. The lowest BCUT2D eigenvalue weighted by Crippen LogP contribution is -2.18. The predicted octanol–water partition coefficient (Wildman–Crippen LogP) is 2.12. The molecule has 0 aliphatic rings. The van der Waals surface area contributed by atoms with Crippen LogP contribution in [0.1, 0.15) is 17.3 Å². The summed E-state index contributed by atoms with van der Waals surface area (Å²) < 4.78 is 5.39. The van der Waals surface area contributed by atoms with Crippen LogP contribution in [0.2, 0.25) is 0 Å². The molecular formula is C11H12BrNO4. The molecule has 0 heterocycles. The Labute approximate surface area is 107 Å². The van der Waals surface area contributed by atoms with E-state index in [0.717, 1.165) is 0 Å². The molecule has 1 rings (SSSR count). The number of rotatable bonds is 5. The summed E-state index contributed by atoms with van der Waals surface area (Å²) in [7, 11) is 0. The van der Waals surface area contributed by atoms with Gasteiger partial charge in [-0.25, -0.2) is 4.79 Å². The summed E-state index contributed by atoms with van der Waals surface area (Å²) in [5.41, 5.74) is 0.484. The Morgan fingerprint density at radius 2 is 2.18 bits per heavy atom. The van der Waals surface area contributed by atoms with Gasteiger partial charge < -0.3 is 15.2 Å². The number of ether oxygens (including phenoxy) is 1. The topological polar surface area (TPSA) is 75.6 Å². The number of carbonyl (C=O) groups is 2. The number of benzene rings is 1. The molecule has 0 saturated carbocycles. The molecule has 6 heteroatoms. The van der Waals surface area contributed by atoms with Crippen molar-refractivity contribution >= 4 is 33.6 Å². The highest BCUT2D eigenvalue weighted by atomic mass is 79.9. The average Bonchev–Trinajstić information content (AvgIpc) is 2.27. The number of anilines is 1. The number of carboxylic acid groups (broad SMARTS) is 1. The first-order valence-electron chi connectivity index (χ1n) is 4.97. The van der Waals surface area contributed by atoms with Crippen molar-refractivity contribution in [2.45, 2.75) is 6.92 Å². The van der Waals surface area contributed by atoms with Crippen LogP contribution in [0.5, 0.6) is 0 Å². The standard InChI is InChI=1S/C11H12BrNO4/c1-2-17-10(14)6-13-9-4-3-7(12)5-8(9)11(15)16/h3-5,13H,2,6H2,1H3,(H,15,16). The van der Waals surface area contributed by atoms with E-state index in [4.69, 9.17) is 9.84 Å². The van der Waals surface area contributed by atoms with E-state index in [-0.39, 0.29) is 12.1 Å². The molecule has 0 amide bonds. The van der Waals surface area contributed by atoms with Crippen LogP contribution in [0.3, 0.4) is 0 Å². The van der Waals surface area contributed by atoms with Crippen LogP contribution in [0.4, 0.5) is 5.69 Å². The lowest BCUT2D eigenvalue weighted by atomic mass is 10.2. The first-order chi connectivity index (χ1) is 8.04. The van der Waals surface area contributed by atoms with Crippen LogP contribution in [-0.2, 0) is 9.53 Å². The summed E-state index contributed by atoms with van der Waals surface area (Å²) in [6.45, 7) is 1.95. The van der Waals surface area contributed by atoms with E-state index in [1.54, 1.807) is 19.1 Å². The smallest absolute Gasteiger partial charge is 0.337 e. The molecule has 1 aromatic carbocycles. The fraction of sp³-hybridized carbons (Fsp3) is 0.273. The number of carbonyl (C=O) groups excluding carboxylic acids is 1. The van der Waals surface area contributed by atoms with E-state index in [1.807, 2.05) is 0 Å². The molecule has 0 saturated heterocycles. The number of hydrogen-bond acceptors (Lipinski definition) is 4. The molecule has 0 bridgehead atoms. The second-order valence-electron chi connectivity index (χ2n) is 3.15. The van der Waals surface area contributed by atoms with Crippen LogP contribution >= 0.6 is 15.9 Å².